The second-order valence-electron chi connectivity index (χ2n) is 2.83. The average Bonchev–Trinajstić information content (AvgIpc) is 1.87. The molecule has 0 aromatic heterocycles. The minimum Gasteiger partial charge on any atom is -0.386 e. The van der Waals surface area contributed by atoms with E-state index in [1.807, 2.05) is 20.8 Å². The van der Waals surface area contributed by atoms with Gasteiger partial charge in [0.1, 0.15) is 6.35 Å². The van der Waals surface area contributed by atoms with Crippen LogP contribution in [0.4, 0.5) is 0 Å². The van der Waals surface area contributed by atoms with Gasteiger partial charge >= 0.3 is 0 Å². The van der Waals surface area contributed by atoms with Gasteiger partial charge in [-0.3, -0.25) is 4.57 Å². The first-order valence-corrected chi connectivity index (χ1v) is 5.91. The number of aliphatic hydroxyl groups excluding tert-OH is 1. The van der Waals surface area contributed by atoms with E-state index < -0.39 is 7.37 Å². The zero-order chi connectivity index (χ0) is 8.91. The lowest BCUT2D eigenvalue weighted by Crippen LogP contribution is -2.05. The molecule has 0 aromatic rings. The predicted molar refractivity (Wildman–Crippen MR) is 46.1 cm³/mol. The van der Waals surface area contributed by atoms with Gasteiger partial charge in [0.15, 0.2) is 0 Å². The van der Waals surface area contributed by atoms with Crippen molar-refractivity contribution in [3.8, 4) is 0 Å². The summed E-state index contributed by atoms with van der Waals surface area (Å²) in [5, 5.41) is 8.78. The van der Waals surface area contributed by atoms with E-state index in [2.05, 4.69) is 0 Å². The van der Waals surface area contributed by atoms with Crippen molar-refractivity contribution in [3.63, 3.8) is 0 Å². The Morgan fingerprint density at radius 2 is 2.09 bits per heavy atom. The Kier molecular flexibility index (Phi) is 4.98. The zero-order valence-electron chi connectivity index (χ0n) is 7.41. The fraction of sp³-hybridized carbons (Fsp3) is 1.00. The topological polar surface area (TPSA) is 46.5 Å². The third kappa shape index (κ3) is 4.57. The van der Waals surface area contributed by atoms with Crippen LogP contribution in [0.15, 0.2) is 0 Å². The van der Waals surface area contributed by atoms with E-state index in [0.717, 1.165) is 6.42 Å². The second-order valence-corrected chi connectivity index (χ2v) is 5.40. The number of hydrogen-bond acceptors (Lipinski definition) is 3. The summed E-state index contributed by atoms with van der Waals surface area (Å²) in [5.41, 5.74) is 0. The van der Waals surface area contributed by atoms with Gasteiger partial charge in [0, 0.05) is 6.16 Å². The molecule has 0 bridgehead atoms. The summed E-state index contributed by atoms with van der Waals surface area (Å²) in [7, 11) is -2.70. The molecule has 0 fully saturated rings. The van der Waals surface area contributed by atoms with E-state index in [0.29, 0.717) is 6.16 Å². The fourth-order valence-electron chi connectivity index (χ4n) is 0.882. The Morgan fingerprint density at radius 3 is 2.36 bits per heavy atom. The Morgan fingerprint density at radius 1 is 1.55 bits per heavy atom. The molecule has 0 aliphatic rings. The third-order valence-electron chi connectivity index (χ3n) is 1.18. The van der Waals surface area contributed by atoms with Crippen molar-refractivity contribution in [1.29, 1.82) is 0 Å². The van der Waals surface area contributed by atoms with Crippen molar-refractivity contribution in [2.75, 3.05) is 12.5 Å². The van der Waals surface area contributed by atoms with E-state index in [1.165, 1.54) is 0 Å². The van der Waals surface area contributed by atoms with Gasteiger partial charge in [-0.2, -0.15) is 0 Å². The van der Waals surface area contributed by atoms with Crippen molar-refractivity contribution in [2.24, 2.45) is 0 Å². The molecule has 0 rings (SSSR count). The van der Waals surface area contributed by atoms with Crippen LogP contribution in [0.5, 0.6) is 0 Å². The van der Waals surface area contributed by atoms with Gasteiger partial charge < -0.3 is 9.63 Å². The summed E-state index contributed by atoms with van der Waals surface area (Å²) in [6.45, 7) is 5.56. The second kappa shape index (κ2) is 4.91. The van der Waals surface area contributed by atoms with Crippen molar-refractivity contribution in [2.45, 2.75) is 33.3 Å². The maximum atomic E-state index is 11.5. The minimum atomic E-state index is -2.70. The van der Waals surface area contributed by atoms with Gasteiger partial charge in [0.05, 0.1) is 6.10 Å². The van der Waals surface area contributed by atoms with Gasteiger partial charge in [-0.15, -0.1) is 0 Å². The molecule has 68 valence electrons. The lowest BCUT2D eigenvalue weighted by Gasteiger charge is -2.17. The highest BCUT2D eigenvalue weighted by molar-refractivity contribution is 7.58. The van der Waals surface area contributed by atoms with Crippen molar-refractivity contribution in [3.05, 3.63) is 0 Å². The van der Waals surface area contributed by atoms with Gasteiger partial charge in [-0.05, 0) is 20.3 Å². The monoisotopic (exact) mass is 180 g/mol. The van der Waals surface area contributed by atoms with Crippen LogP contribution in [0.3, 0.4) is 0 Å². The molecule has 3 nitrogen and oxygen atoms in total. The first-order valence-electron chi connectivity index (χ1n) is 3.91. The van der Waals surface area contributed by atoms with E-state index >= 15 is 0 Å². The first kappa shape index (κ1) is 11.2. The maximum Gasteiger partial charge on any atom is 0.227 e. The van der Waals surface area contributed by atoms with Crippen LogP contribution >= 0.6 is 7.37 Å². The Bertz CT molecular complexity index is 145. The van der Waals surface area contributed by atoms with Crippen LogP contribution in [0.25, 0.3) is 0 Å². The molecule has 0 aromatic carbocycles. The predicted octanol–water partition coefficient (Wildman–Crippen LogP) is 2.05. The molecular weight excluding hydrogens is 163 g/mol. The Hall–Kier alpha value is 0.150. The lowest BCUT2D eigenvalue weighted by molar-refractivity contribution is 0.222. The first-order chi connectivity index (χ1) is 5.04. The molecule has 11 heavy (non-hydrogen) atoms. The van der Waals surface area contributed by atoms with Crippen LogP contribution in [0.2, 0.25) is 0 Å². The van der Waals surface area contributed by atoms with Gasteiger partial charge in [-0.1, -0.05) is 6.92 Å². The fourth-order valence-corrected chi connectivity index (χ4v) is 2.64. The summed E-state index contributed by atoms with van der Waals surface area (Å²) in [4.78, 5) is 0. The van der Waals surface area contributed by atoms with Crippen molar-refractivity contribution < 1.29 is 14.2 Å². The molecule has 0 amide bonds. The summed E-state index contributed by atoms with van der Waals surface area (Å²) >= 11 is 0. The molecule has 1 N–H and O–H groups in total. The third-order valence-corrected chi connectivity index (χ3v) is 3.55. The van der Waals surface area contributed by atoms with Crippen molar-refractivity contribution in [1.82, 2.24) is 0 Å². The van der Waals surface area contributed by atoms with Crippen LogP contribution in [-0.2, 0) is 9.09 Å². The smallest absolute Gasteiger partial charge is 0.227 e. The molecule has 0 saturated heterocycles. The molecule has 0 heterocycles. The Labute approximate surface area is 68.2 Å². The number of hydrogen-bond donors (Lipinski definition) is 1. The van der Waals surface area contributed by atoms with E-state index in [-0.39, 0.29) is 12.5 Å². The summed E-state index contributed by atoms with van der Waals surface area (Å²) in [5.74, 6) is 0. The van der Waals surface area contributed by atoms with Crippen LogP contribution in [0.1, 0.15) is 27.2 Å². The minimum absolute atomic E-state index is 0.0699. The van der Waals surface area contributed by atoms with E-state index in [1.54, 1.807) is 0 Å². The lowest BCUT2D eigenvalue weighted by atomic mass is 10.5. The van der Waals surface area contributed by atoms with E-state index in [9.17, 15) is 4.57 Å². The quantitative estimate of drug-likeness (QED) is 0.658. The van der Waals surface area contributed by atoms with Gasteiger partial charge in [0.2, 0.25) is 7.37 Å². The Balaban J connectivity index is 4.00. The zero-order valence-corrected chi connectivity index (χ0v) is 8.30. The highest BCUT2D eigenvalue weighted by atomic mass is 31.2. The summed E-state index contributed by atoms with van der Waals surface area (Å²) in [6, 6.07) is 0. The molecule has 1 unspecified atom stereocenters. The molecular formula is C7H17O3P. The molecule has 1 atom stereocenters. The number of aliphatic hydroxyl groups is 1. The van der Waals surface area contributed by atoms with Gasteiger partial charge in [-0.25, -0.2) is 0 Å². The standard InChI is InChI=1S/C7H17O3P/c1-4-5-11(9,6-8)10-7(2)3/h7-8H,4-6H2,1-3H3. The SMILES string of the molecule is CCCP(=O)(CO)OC(C)C. The molecule has 0 radical (unpaired) electrons. The maximum absolute atomic E-state index is 11.5. The van der Waals surface area contributed by atoms with Crippen LogP contribution < -0.4 is 0 Å². The molecule has 0 aliphatic heterocycles. The van der Waals surface area contributed by atoms with Crippen LogP contribution in [-0.4, -0.2) is 23.7 Å². The molecule has 0 aliphatic carbocycles. The highest BCUT2D eigenvalue weighted by Crippen LogP contribution is 2.47. The van der Waals surface area contributed by atoms with E-state index in [4.69, 9.17) is 9.63 Å². The summed E-state index contributed by atoms with van der Waals surface area (Å²) < 4.78 is 16.7. The largest absolute Gasteiger partial charge is 0.386 e. The van der Waals surface area contributed by atoms with Gasteiger partial charge in [0.25, 0.3) is 0 Å². The van der Waals surface area contributed by atoms with Crippen molar-refractivity contribution >= 4 is 7.37 Å². The van der Waals surface area contributed by atoms with Crippen LogP contribution in [0, 0.1) is 0 Å². The average molecular weight is 180 g/mol. The highest BCUT2D eigenvalue weighted by Gasteiger charge is 2.21. The normalized spacial score (nSPS) is 16.8. The molecule has 0 saturated carbocycles. The summed E-state index contributed by atoms with van der Waals surface area (Å²) in [6.07, 6.45) is 0.852. The molecule has 4 heteroatoms. The molecule has 0 spiro atoms. The number of rotatable bonds is 5.